The van der Waals surface area contributed by atoms with Crippen molar-refractivity contribution in [2.45, 2.75) is 31.3 Å². The van der Waals surface area contributed by atoms with Crippen molar-refractivity contribution < 1.29 is 9.53 Å². The van der Waals surface area contributed by atoms with Gasteiger partial charge in [-0.3, -0.25) is 9.59 Å². The van der Waals surface area contributed by atoms with Crippen LogP contribution in [0.2, 0.25) is 0 Å². The van der Waals surface area contributed by atoms with Crippen LogP contribution in [-0.2, 0) is 4.74 Å². The molecular formula is C16H19N3O3. The monoisotopic (exact) mass is 301 g/mol. The molecule has 1 saturated carbocycles. The summed E-state index contributed by atoms with van der Waals surface area (Å²) >= 11 is 0. The van der Waals surface area contributed by atoms with E-state index in [4.69, 9.17) is 4.74 Å². The first-order chi connectivity index (χ1) is 10.7. The first kappa shape index (κ1) is 13.7. The number of aromatic nitrogens is 2. The highest BCUT2D eigenvalue weighted by molar-refractivity contribution is 5.92. The average molecular weight is 301 g/mol. The molecule has 116 valence electrons. The Morgan fingerprint density at radius 3 is 3.09 bits per heavy atom. The zero-order chi connectivity index (χ0) is 15.1. The van der Waals surface area contributed by atoms with Gasteiger partial charge in [0.05, 0.1) is 12.7 Å². The molecule has 0 spiro atoms. The third kappa shape index (κ3) is 2.70. The first-order valence-electron chi connectivity index (χ1n) is 7.88. The number of aromatic amines is 1. The lowest BCUT2D eigenvalue weighted by molar-refractivity contribution is 0.0938. The molecule has 0 aromatic carbocycles. The molecule has 2 N–H and O–H groups in total. The summed E-state index contributed by atoms with van der Waals surface area (Å²) in [5, 5.41) is 2.90. The molecule has 4 rings (SSSR count). The first-order valence-corrected chi connectivity index (χ1v) is 7.88. The zero-order valence-electron chi connectivity index (χ0n) is 12.2. The van der Waals surface area contributed by atoms with Gasteiger partial charge < -0.3 is 15.0 Å². The Bertz CT molecular complexity index is 677. The van der Waals surface area contributed by atoms with Crippen molar-refractivity contribution in [3.63, 3.8) is 0 Å². The lowest BCUT2D eigenvalue weighted by atomic mass is 9.85. The second kappa shape index (κ2) is 5.35. The predicted molar refractivity (Wildman–Crippen MR) is 79.6 cm³/mol. The molecule has 1 aromatic rings. The summed E-state index contributed by atoms with van der Waals surface area (Å²) in [6, 6.07) is 1.27. The highest BCUT2D eigenvalue weighted by Crippen LogP contribution is 2.37. The maximum atomic E-state index is 12.3. The number of hydrogen-bond acceptors (Lipinski definition) is 4. The molecule has 2 aliphatic carbocycles. The quantitative estimate of drug-likeness (QED) is 0.812. The van der Waals surface area contributed by atoms with Crippen LogP contribution < -0.4 is 10.9 Å². The van der Waals surface area contributed by atoms with E-state index in [9.17, 15) is 9.59 Å². The molecule has 6 nitrogen and oxygen atoms in total. The highest BCUT2D eigenvalue weighted by atomic mass is 16.5. The van der Waals surface area contributed by atoms with Crippen LogP contribution in [0.4, 0.5) is 0 Å². The van der Waals surface area contributed by atoms with Crippen LogP contribution in [-0.4, -0.2) is 35.1 Å². The molecule has 1 amide bonds. The maximum Gasteiger partial charge on any atom is 0.270 e. The van der Waals surface area contributed by atoms with Crippen molar-refractivity contribution in [3.8, 4) is 0 Å². The van der Waals surface area contributed by atoms with Crippen LogP contribution in [0.25, 0.3) is 0 Å². The summed E-state index contributed by atoms with van der Waals surface area (Å²) < 4.78 is 5.61. The number of amides is 1. The van der Waals surface area contributed by atoms with Gasteiger partial charge in [-0.15, -0.1) is 0 Å². The van der Waals surface area contributed by atoms with Crippen LogP contribution in [0, 0.1) is 11.8 Å². The fourth-order valence-electron chi connectivity index (χ4n) is 3.22. The van der Waals surface area contributed by atoms with E-state index in [1.807, 2.05) is 0 Å². The van der Waals surface area contributed by atoms with E-state index in [0.29, 0.717) is 30.1 Å². The molecular weight excluding hydrogens is 282 g/mol. The van der Waals surface area contributed by atoms with Gasteiger partial charge in [-0.1, -0.05) is 12.2 Å². The Morgan fingerprint density at radius 2 is 2.27 bits per heavy atom. The van der Waals surface area contributed by atoms with E-state index >= 15 is 0 Å². The van der Waals surface area contributed by atoms with Gasteiger partial charge in [-0.2, -0.15) is 0 Å². The van der Waals surface area contributed by atoms with E-state index < -0.39 is 0 Å². The maximum absolute atomic E-state index is 12.3. The van der Waals surface area contributed by atoms with Crippen molar-refractivity contribution in [3.05, 3.63) is 40.1 Å². The van der Waals surface area contributed by atoms with Gasteiger partial charge in [0.15, 0.2) is 0 Å². The number of nitrogens with one attached hydrogen (secondary N) is 2. The van der Waals surface area contributed by atoms with Gasteiger partial charge >= 0.3 is 0 Å². The minimum absolute atomic E-state index is 0.214. The molecule has 6 heteroatoms. The van der Waals surface area contributed by atoms with Gasteiger partial charge in [0.25, 0.3) is 11.5 Å². The molecule has 1 aromatic heterocycles. The lowest BCUT2D eigenvalue weighted by Gasteiger charge is -2.22. The van der Waals surface area contributed by atoms with Crippen LogP contribution in [0.3, 0.4) is 0 Å². The van der Waals surface area contributed by atoms with Gasteiger partial charge in [-0.05, 0) is 31.1 Å². The van der Waals surface area contributed by atoms with E-state index in [1.54, 1.807) is 0 Å². The summed E-state index contributed by atoms with van der Waals surface area (Å²) in [6.45, 7) is 1.32. The van der Waals surface area contributed by atoms with Gasteiger partial charge in [0.1, 0.15) is 11.5 Å². The Labute approximate surface area is 128 Å². The van der Waals surface area contributed by atoms with Crippen LogP contribution in [0.15, 0.2) is 23.0 Å². The van der Waals surface area contributed by atoms with Crippen LogP contribution in [0.5, 0.6) is 0 Å². The highest BCUT2D eigenvalue weighted by Gasteiger charge is 2.33. The Morgan fingerprint density at radius 1 is 1.41 bits per heavy atom. The van der Waals surface area contributed by atoms with Gasteiger partial charge in [0.2, 0.25) is 0 Å². The summed E-state index contributed by atoms with van der Waals surface area (Å²) in [6.07, 6.45) is 7.57. The average Bonchev–Trinajstić information content (AvgIpc) is 3.30. The molecule has 2 bridgehead atoms. The molecule has 2 fully saturated rings. The summed E-state index contributed by atoms with van der Waals surface area (Å²) in [5.41, 5.74) is -0.0439. The Hall–Kier alpha value is -1.95. The summed E-state index contributed by atoms with van der Waals surface area (Å²) in [5.74, 6) is 1.45. The third-order valence-electron chi connectivity index (χ3n) is 4.69. The third-order valence-corrected chi connectivity index (χ3v) is 4.69. The number of carbonyl (C=O) groups is 1. The number of H-pyrrole nitrogens is 1. The second-order valence-electron chi connectivity index (χ2n) is 6.42. The number of carbonyl (C=O) groups excluding carboxylic acids is 1. The predicted octanol–water partition coefficient (Wildman–Crippen LogP) is 0.968. The number of nitrogens with zero attached hydrogens (tertiary/aromatic N) is 1. The minimum Gasteiger partial charge on any atom is -0.374 e. The van der Waals surface area contributed by atoms with E-state index in [-0.39, 0.29) is 23.3 Å². The van der Waals surface area contributed by atoms with Crippen molar-refractivity contribution in [1.29, 1.82) is 0 Å². The van der Waals surface area contributed by atoms with Crippen LogP contribution in [0.1, 0.15) is 41.5 Å². The van der Waals surface area contributed by atoms with Crippen molar-refractivity contribution in [1.82, 2.24) is 15.3 Å². The summed E-state index contributed by atoms with van der Waals surface area (Å²) in [7, 11) is 0. The number of ether oxygens (including phenoxy) is 1. The molecule has 0 radical (unpaired) electrons. The fraction of sp³-hybridized carbons (Fsp3) is 0.562. The van der Waals surface area contributed by atoms with Gasteiger partial charge in [-0.25, -0.2) is 4.98 Å². The van der Waals surface area contributed by atoms with E-state index in [0.717, 1.165) is 25.9 Å². The topological polar surface area (TPSA) is 84.1 Å². The molecule has 3 atom stereocenters. The summed E-state index contributed by atoms with van der Waals surface area (Å²) in [4.78, 5) is 30.9. The van der Waals surface area contributed by atoms with Crippen molar-refractivity contribution >= 4 is 5.91 Å². The second-order valence-corrected chi connectivity index (χ2v) is 6.42. The standard InChI is InChI=1S/C16H19N3O3/c20-14-6-13(18-15(19-14)9-1-2-9)16(21)17-7-10-3-4-12-5-11(10)8-22-12/h3-4,6,9-12H,1-2,5,7-8H2,(H,17,21)(H,18,19,20)/t10-,11+,12-/m0/s1. The van der Waals surface area contributed by atoms with Gasteiger partial charge in [0, 0.05) is 18.5 Å². The lowest BCUT2D eigenvalue weighted by Crippen LogP contribution is -2.34. The molecule has 2 heterocycles. The van der Waals surface area contributed by atoms with Crippen LogP contribution >= 0.6 is 0 Å². The largest absolute Gasteiger partial charge is 0.374 e. The molecule has 3 aliphatic rings. The minimum atomic E-state index is -0.276. The van der Waals surface area contributed by atoms with E-state index in [2.05, 4.69) is 27.4 Å². The van der Waals surface area contributed by atoms with Crippen molar-refractivity contribution in [2.75, 3.05) is 13.2 Å². The molecule has 22 heavy (non-hydrogen) atoms. The number of rotatable bonds is 4. The SMILES string of the molecule is O=C(NC[C@@H]1C=C[C@H]2C[C@@H]1CO2)c1cc(=O)[nH]c(C2CC2)n1. The normalized spacial score (nSPS) is 29.5. The molecule has 1 aliphatic heterocycles. The molecule has 0 unspecified atom stereocenters. The van der Waals surface area contributed by atoms with E-state index in [1.165, 1.54) is 6.07 Å². The fourth-order valence-corrected chi connectivity index (χ4v) is 3.22. The number of fused-ring (bicyclic) bond motifs is 2. The smallest absolute Gasteiger partial charge is 0.270 e. The number of hydrogen-bond donors (Lipinski definition) is 2. The van der Waals surface area contributed by atoms with Crippen molar-refractivity contribution in [2.24, 2.45) is 11.8 Å². The Kier molecular flexibility index (Phi) is 3.33. The molecule has 1 saturated heterocycles. The Balaban J connectivity index is 1.43. The zero-order valence-corrected chi connectivity index (χ0v) is 12.2.